The van der Waals surface area contributed by atoms with Gasteiger partial charge in [-0.3, -0.25) is 4.79 Å². The lowest BCUT2D eigenvalue weighted by Crippen LogP contribution is -2.93. The van der Waals surface area contributed by atoms with Crippen LogP contribution in [0.1, 0.15) is 23.1 Å². The Balaban J connectivity index is 1.90. The topological polar surface area (TPSA) is 85.8 Å². The first-order valence-corrected chi connectivity index (χ1v) is 8.41. The van der Waals surface area contributed by atoms with E-state index < -0.39 is 12.0 Å². The van der Waals surface area contributed by atoms with E-state index in [-0.39, 0.29) is 12.3 Å². The molecule has 0 heterocycles. The van der Waals surface area contributed by atoms with Crippen LogP contribution in [0.3, 0.4) is 0 Å². The number of rotatable bonds is 8. The standard InChI is InChI=1S/C20H24N2O3/c1-14-7-6-8-15(2)19(14)22-18(23)13-17(20(24)25)21-12-11-16-9-4-3-5-10-16/h3-10,17,21H,11-13H2,1-2H3,(H,22,23)(H,24,25)/t17-/m0/s1. The Bertz CT molecular complexity index is 709. The molecular weight excluding hydrogens is 316 g/mol. The van der Waals surface area contributed by atoms with Gasteiger partial charge in [0.25, 0.3) is 0 Å². The molecule has 0 saturated carbocycles. The zero-order chi connectivity index (χ0) is 18.2. The number of carbonyl (C=O) groups is 2. The molecule has 0 unspecified atom stereocenters. The van der Waals surface area contributed by atoms with E-state index in [9.17, 15) is 14.7 Å². The molecule has 5 heteroatoms. The molecule has 0 aliphatic rings. The van der Waals surface area contributed by atoms with Crippen molar-refractivity contribution in [2.45, 2.75) is 32.7 Å². The molecule has 0 saturated heterocycles. The lowest BCUT2D eigenvalue weighted by molar-refractivity contribution is -0.682. The van der Waals surface area contributed by atoms with E-state index >= 15 is 0 Å². The maximum Gasteiger partial charge on any atom is 0.230 e. The normalized spacial score (nSPS) is 11.8. The smallest absolute Gasteiger partial charge is 0.230 e. The number of quaternary nitrogens is 1. The summed E-state index contributed by atoms with van der Waals surface area (Å²) >= 11 is 0. The fraction of sp³-hybridized carbons (Fsp3) is 0.300. The second-order valence-corrected chi connectivity index (χ2v) is 6.20. The van der Waals surface area contributed by atoms with E-state index in [1.54, 1.807) is 5.32 Å². The van der Waals surface area contributed by atoms with Crippen molar-refractivity contribution in [2.24, 2.45) is 0 Å². The summed E-state index contributed by atoms with van der Waals surface area (Å²) in [5, 5.41) is 15.8. The van der Waals surface area contributed by atoms with Gasteiger partial charge in [-0.05, 0) is 30.5 Å². The van der Waals surface area contributed by atoms with Gasteiger partial charge in [0.05, 0.1) is 18.9 Å². The highest BCUT2D eigenvalue weighted by Gasteiger charge is 2.19. The molecule has 132 valence electrons. The van der Waals surface area contributed by atoms with Crippen molar-refractivity contribution in [1.29, 1.82) is 0 Å². The molecule has 0 aromatic heterocycles. The maximum absolute atomic E-state index is 12.2. The summed E-state index contributed by atoms with van der Waals surface area (Å²) in [6.07, 6.45) is 0.619. The zero-order valence-electron chi connectivity index (χ0n) is 14.6. The van der Waals surface area contributed by atoms with E-state index in [1.807, 2.05) is 62.4 Å². The van der Waals surface area contributed by atoms with Gasteiger partial charge in [-0.1, -0.05) is 48.5 Å². The van der Waals surface area contributed by atoms with E-state index in [0.717, 1.165) is 28.8 Å². The van der Waals surface area contributed by atoms with Crippen molar-refractivity contribution < 1.29 is 20.0 Å². The molecule has 0 fully saturated rings. The molecule has 1 amide bonds. The summed E-state index contributed by atoms with van der Waals surface area (Å²) in [4.78, 5) is 23.6. The predicted molar refractivity (Wildman–Crippen MR) is 94.9 cm³/mol. The number of para-hydroxylation sites is 1. The fourth-order valence-electron chi connectivity index (χ4n) is 2.76. The van der Waals surface area contributed by atoms with Crippen molar-refractivity contribution in [3.05, 3.63) is 65.2 Å². The van der Waals surface area contributed by atoms with Crippen LogP contribution in [0.4, 0.5) is 5.69 Å². The summed E-state index contributed by atoms with van der Waals surface area (Å²) in [6, 6.07) is 14.7. The Morgan fingerprint density at radius 1 is 1.04 bits per heavy atom. The molecule has 0 aliphatic heterocycles. The van der Waals surface area contributed by atoms with Crippen LogP contribution in [0.15, 0.2) is 48.5 Å². The number of aryl methyl sites for hydroxylation is 2. The van der Waals surface area contributed by atoms with Crippen LogP contribution < -0.4 is 15.7 Å². The first-order valence-electron chi connectivity index (χ1n) is 8.41. The van der Waals surface area contributed by atoms with Crippen LogP contribution >= 0.6 is 0 Å². The van der Waals surface area contributed by atoms with Gasteiger partial charge >= 0.3 is 0 Å². The third-order valence-electron chi connectivity index (χ3n) is 4.18. The minimum atomic E-state index is -1.22. The van der Waals surface area contributed by atoms with Crippen molar-refractivity contribution in [3.63, 3.8) is 0 Å². The minimum absolute atomic E-state index is 0.120. The second kappa shape index (κ2) is 8.99. The summed E-state index contributed by atoms with van der Waals surface area (Å²) < 4.78 is 0. The summed E-state index contributed by atoms with van der Waals surface area (Å²) in [7, 11) is 0. The largest absolute Gasteiger partial charge is 0.544 e. The molecule has 0 radical (unpaired) electrons. The van der Waals surface area contributed by atoms with Gasteiger partial charge in [0.15, 0.2) is 0 Å². The first kappa shape index (κ1) is 18.7. The molecule has 2 aromatic carbocycles. The maximum atomic E-state index is 12.2. The Labute approximate surface area is 148 Å². The van der Waals surface area contributed by atoms with Gasteiger partial charge in [-0.25, -0.2) is 0 Å². The molecular formula is C20H24N2O3. The number of hydrogen-bond acceptors (Lipinski definition) is 3. The first-order chi connectivity index (χ1) is 12.0. The van der Waals surface area contributed by atoms with Crippen LogP contribution in [0.2, 0.25) is 0 Å². The highest BCUT2D eigenvalue weighted by atomic mass is 16.4. The average molecular weight is 340 g/mol. The molecule has 3 N–H and O–H groups in total. The SMILES string of the molecule is Cc1cccc(C)c1NC(=O)C[C@H]([NH2+]CCc1ccccc1)C(=O)[O-]. The number of nitrogens with two attached hydrogens (primary N) is 1. The number of carboxylic acids is 1. The molecule has 5 nitrogen and oxygen atoms in total. The molecule has 0 bridgehead atoms. The third-order valence-corrected chi connectivity index (χ3v) is 4.18. The van der Waals surface area contributed by atoms with Crippen LogP contribution in [-0.2, 0) is 16.0 Å². The number of benzene rings is 2. The number of anilines is 1. The highest BCUT2D eigenvalue weighted by Crippen LogP contribution is 2.19. The van der Waals surface area contributed by atoms with Crippen molar-refractivity contribution in [2.75, 3.05) is 11.9 Å². The van der Waals surface area contributed by atoms with Crippen molar-refractivity contribution in [1.82, 2.24) is 0 Å². The molecule has 0 aliphatic carbocycles. The number of aliphatic carboxylic acids is 1. The number of nitrogens with one attached hydrogen (secondary N) is 1. The minimum Gasteiger partial charge on any atom is -0.544 e. The average Bonchev–Trinajstić information content (AvgIpc) is 2.58. The van der Waals surface area contributed by atoms with E-state index in [2.05, 4.69) is 5.32 Å². The second-order valence-electron chi connectivity index (χ2n) is 6.20. The van der Waals surface area contributed by atoms with Crippen LogP contribution in [-0.4, -0.2) is 24.5 Å². The van der Waals surface area contributed by atoms with Crippen LogP contribution in [0.5, 0.6) is 0 Å². The van der Waals surface area contributed by atoms with Gasteiger partial charge in [0.2, 0.25) is 5.91 Å². The summed E-state index contributed by atoms with van der Waals surface area (Å²) in [5.41, 5.74) is 3.78. The summed E-state index contributed by atoms with van der Waals surface area (Å²) in [6.45, 7) is 4.40. The lowest BCUT2D eigenvalue weighted by Gasteiger charge is -2.17. The Kier molecular flexibility index (Phi) is 6.71. The van der Waals surface area contributed by atoms with E-state index in [0.29, 0.717) is 6.54 Å². The van der Waals surface area contributed by atoms with Gasteiger partial charge in [0.1, 0.15) is 6.04 Å². The lowest BCUT2D eigenvalue weighted by atomic mass is 10.1. The molecule has 1 atom stereocenters. The number of carboxylic acid groups (broad SMARTS) is 1. The van der Waals surface area contributed by atoms with Crippen LogP contribution in [0, 0.1) is 13.8 Å². The Hall–Kier alpha value is -2.66. The Morgan fingerprint density at radius 3 is 2.28 bits per heavy atom. The number of carbonyl (C=O) groups excluding carboxylic acids is 2. The highest BCUT2D eigenvalue weighted by molar-refractivity contribution is 5.94. The monoisotopic (exact) mass is 340 g/mol. The molecule has 25 heavy (non-hydrogen) atoms. The summed E-state index contributed by atoms with van der Waals surface area (Å²) in [5.74, 6) is -1.53. The van der Waals surface area contributed by atoms with Gasteiger partial charge in [-0.15, -0.1) is 0 Å². The molecule has 0 spiro atoms. The fourth-order valence-corrected chi connectivity index (χ4v) is 2.76. The van der Waals surface area contributed by atoms with E-state index in [4.69, 9.17) is 0 Å². The molecule has 2 aromatic rings. The van der Waals surface area contributed by atoms with Crippen molar-refractivity contribution >= 4 is 17.6 Å². The number of amides is 1. The van der Waals surface area contributed by atoms with Gasteiger partial charge < -0.3 is 20.5 Å². The quantitative estimate of drug-likeness (QED) is 0.736. The number of hydrogen-bond donors (Lipinski definition) is 2. The third kappa shape index (κ3) is 5.72. The predicted octanol–water partition coefficient (Wildman–Crippen LogP) is 0.557. The van der Waals surface area contributed by atoms with Crippen LogP contribution in [0.25, 0.3) is 0 Å². The molecule has 2 rings (SSSR count). The Morgan fingerprint density at radius 2 is 1.68 bits per heavy atom. The zero-order valence-corrected chi connectivity index (χ0v) is 14.6. The van der Waals surface area contributed by atoms with Gasteiger partial charge in [-0.2, -0.15) is 0 Å². The van der Waals surface area contributed by atoms with Gasteiger partial charge in [0, 0.05) is 12.1 Å². The van der Waals surface area contributed by atoms with Crippen molar-refractivity contribution in [3.8, 4) is 0 Å². The van der Waals surface area contributed by atoms with E-state index in [1.165, 1.54) is 0 Å².